The number of oxazole rings is 1. The van der Waals surface area contributed by atoms with Crippen LogP contribution in [0.25, 0.3) is 11.1 Å². The van der Waals surface area contributed by atoms with Crippen LogP contribution in [0.15, 0.2) is 61.7 Å². The number of carbonyl (C=O) groups is 1. The first-order valence-electron chi connectivity index (χ1n) is 8.23. The number of hydrogen-bond acceptors (Lipinski definition) is 5. The first kappa shape index (κ1) is 17.7. The van der Waals surface area contributed by atoms with Crippen LogP contribution in [0.3, 0.4) is 0 Å². The molecular formula is C18H15BrN4O3S. The molecule has 3 aromatic heterocycles. The highest BCUT2D eigenvalue weighted by atomic mass is 79.9. The summed E-state index contributed by atoms with van der Waals surface area (Å²) >= 11 is 5.05. The molecule has 0 fully saturated rings. The van der Waals surface area contributed by atoms with E-state index in [0.717, 1.165) is 9.35 Å². The fourth-order valence-electron chi connectivity index (χ4n) is 2.79. The number of nitrogens with one attached hydrogen (secondary N) is 1. The van der Waals surface area contributed by atoms with E-state index >= 15 is 0 Å². The second-order valence-electron chi connectivity index (χ2n) is 5.89. The number of amides is 1. The van der Waals surface area contributed by atoms with Gasteiger partial charge < -0.3 is 9.73 Å². The summed E-state index contributed by atoms with van der Waals surface area (Å²) in [5, 5.41) is 9.12. The van der Waals surface area contributed by atoms with Crippen molar-refractivity contribution in [3.05, 3.63) is 67.9 Å². The third-order valence-corrected chi connectivity index (χ3v) is 5.73. The van der Waals surface area contributed by atoms with Crippen LogP contribution in [-0.4, -0.2) is 20.3 Å². The molecule has 7 nitrogen and oxygen atoms in total. The van der Waals surface area contributed by atoms with Crippen LogP contribution in [0.2, 0.25) is 0 Å². The number of rotatable bonds is 6. The summed E-state index contributed by atoms with van der Waals surface area (Å²) in [7, 11) is 0. The van der Waals surface area contributed by atoms with Gasteiger partial charge in [-0.05, 0) is 34.1 Å². The minimum atomic E-state index is -0.461. The first-order valence-corrected chi connectivity index (χ1v) is 9.90. The second-order valence-corrected chi connectivity index (χ2v) is 7.80. The van der Waals surface area contributed by atoms with Crippen molar-refractivity contribution in [2.45, 2.75) is 19.5 Å². The molecule has 1 N–H and O–H groups in total. The summed E-state index contributed by atoms with van der Waals surface area (Å²) in [6.45, 7) is 0.818. The van der Waals surface area contributed by atoms with E-state index in [1.165, 1.54) is 4.57 Å². The molecule has 3 heterocycles. The number of benzene rings is 1. The SMILES string of the molecule is O=C(CCn1c(=O)oc2ccccc21)Nc1ccnn1Cc1cc(Br)cs1. The Morgan fingerprint density at radius 2 is 2.15 bits per heavy atom. The third kappa shape index (κ3) is 3.88. The lowest BCUT2D eigenvalue weighted by molar-refractivity contribution is -0.116. The Balaban J connectivity index is 1.42. The molecule has 4 aromatic rings. The van der Waals surface area contributed by atoms with Gasteiger partial charge in [0, 0.05) is 33.8 Å². The van der Waals surface area contributed by atoms with Gasteiger partial charge in [0.05, 0.1) is 18.3 Å². The van der Waals surface area contributed by atoms with Crippen molar-refractivity contribution >= 4 is 50.1 Å². The van der Waals surface area contributed by atoms with Crippen LogP contribution in [-0.2, 0) is 17.9 Å². The minimum absolute atomic E-state index is 0.152. The monoisotopic (exact) mass is 446 g/mol. The van der Waals surface area contributed by atoms with Crippen LogP contribution in [0.5, 0.6) is 0 Å². The van der Waals surface area contributed by atoms with E-state index in [1.54, 1.807) is 46.5 Å². The molecule has 9 heteroatoms. The number of para-hydroxylation sites is 2. The number of fused-ring (bicyclic) bond motifs is 1. The van der Waals surface area contributed by atoms with Crippen LogP contribution in [0.1, 0.15) is 11.3 Å². The third-order valence-electron chi connectivity index (χ3n) is 4.05. The highest BCUT2D eigenvalue weighted by Gasteiger charge is 2.12. The van der Waals surface area contributed by atoms with Crippen molar-refractivity contribution in [2.75, 3.05) is 5.32 Å². The zero-order valence-electron chi connectivity index (χ0n) is 14.1. The molecule has 1 aromatic carbocycles. The van der Waals surface area contributed by atoms with E-state index in [1.807, 2.05) is 17.5 Å². The number of thiophene rings is 1. The summed E-state index contributed by atoms with van der Waals surface area (Å²) in [5.74, 6) is -0.0347. The first-order chi connectivity index (χ1) is 13.1. The van der Waals surface area contributed by atoms with E-state index in [-0.39, 0.29) is 18.9 Å². The Hall–Kier alpha value is -2.65. The molecule has 0 atom stereocenters. The Kier molecular flexibility index (Phi) is 4.95. The van der Waals surface area contributed by atoms with Crippen molar-refractivity contribution < 1.29 is 9.21 Å². The van der Waals surface area contributed by atoms with E-state index in [9.17, 15) is 9.59 Å². The minimum Gasteiger partial charge on any atom is -0.408 e. The van der Waals surface area contributed by atoms with E-state index in [0.29, 0.717) is 23.5 Å². The van der Waals surface area contributed by atoms with Gasteiger partial charge in [-0.2, -0.15) is 5.10 Å². The lowest BCUT2D eigenvalue weighted by Crippen LogP contribution is -2.21. The molecule has 0 saturated carbocycles. The van der Waals surface area contributed by atoms with E-state index in [2.05, 4.69) is 26.3 Å². The number of nitrogens with zero attached hydrogens (tertiary/aromatic N) is 3. The summed E-state index contributed by atoms with van der Waals surface area (Å²) in [5.41, 5.74) is 1.20. The molecule has 0 saturated heterocycles. The van der Waals surface area contributed by atoms with Crippen molar-refractivity contribution in [1.82, 2.24) is 14.3 Å². The average Bonchev–Trinajstić information content (AvgIpc) is 3.33. The lowest BCUT2D eigenvalue weighted by atomic mass is 10.3. The Labute approximate surface area is 166 Å². The molecule has 0 aliphatic carbocycles. The van der Waals surface area contributed by atoms with E-state index in [4.69, 9.17) is 4.42 Å². The Bertz CT molecular complexity index is 1160. The van der Waals surface area contributed by atoms with Gasteiger partial charge >= 0.3 is 5.76 Å². The zero-order valence-corrected chi connectivity index (χ0v) is 16.5. The largest absolute Gasteiger partial charge is 0.419 e. The standard InChI is InChI=1S/C18H15BrN4O3S/c19-12-9-13(27-11-12)10-23-16(5-7-20-23)21-17(24)6-8-22-14-3-1-2-4-15(14)26-18(22)25/h1-5,7,9,11H,6,8,10H2,(H,21,24). The van der Waals surface area contributed by atoms with Crippen molar-refractivity contribution in [1.29, 1.82) is 0 Å². The highest BCUT2D eigenvalue weighted by Crippen LogP contribution is 2.21. The number of aryl methyl sites for hydroxylation is 1. The molecule has 0 unspecified atom stereocenters. The Morgan fingerprint density at radius 1 is 1.30 bits per heavy atom. The molecular weight excluding hydrogens is 432 g/mol. The van der Waals surface area contributed by atoms with Crippen LogP contribution < -0.4 is 11.1 Å². The molecule has 0 spiro atoms. The van der Waals surface area contributed by atoms with Gasteiger partial charge in [-0.3, -0.25) is 9.36 Å². The summed E-state index contributed by atoms with van der Waals surface area (Å²) in [6.07, 6.45) is 1.80. The van der Waals surface area contributed by atoms with Gasteiger partial charge in [-0.15, -0.1) is 11.3 Å². The summed E-state index contributed by atoms with van der Waals surface area (Å²) in [6, 6.07) is 10.9. The van der Waals surface area contributed by atoms with Gasteiger partial charge in [0.15, 0.2) is 5.58 Å². The molecule has 138 valence electrons. The zero-order chi connectivity index (χ0) is 18.8. The topological polar surface area (TPSA) is 82.1 Å². The quantitative estimate of drug-likeness (QED) is 0.489. The van der Waals surface area contributed by atoms with E-state index < -0.39 is 5.76 Å². The van der Waals surface area contributed by atoms with Crippen molar-refractivity contribution in [3.63, 3.8) is 0 Å². The number of halogens is 1. The molecule has 1 amide bonds. The van der Waals surface area contributed by atoms with Gasteiger partial charge in [0.1, 0.15) is 5.82 Å². The maximum Gasteiger partial charge on any atom is 0.419 e. The van der Waals surface area contributed by atoms with Crippen LogP contribution in [0, 0.1) is 0 Å². The molecule has 4 rings (SSSR count). The van der Waals surface area contributed by atoms with Crippen LogP contribution in [0.4, 0.5) is 5.82 Å². The molecule has 0 aliphatic heterocycles. The maximum atomic E-state index is 12.4. The lowest BCUT2D eigenvalue weighted by Gasteiger charge is -2.08. The Morgan fingerprint density at radius 3 is 2.96 bits per heavy atom. The second kappa shape index (κ2) is 7.53. The number of aromatic nitrogens is 3. The van der Waals surface area contributed by atoms with Gasteiger partial charge in [-0.1, -0.05) is 12.1 Å². The number of anilines is 1. The van der Waals surface area contributed by atoms with Crippen molar-refractivity contribution in [2.24, 2.45) is 0 Å². The average molecular weight is 447 g/mol. The number of carbonyl (C=O) groups excluding carboxylic acids is 1. The summed E-state index contributed by atoms with van der Waals surface area (Å²) < 4.78 is 9.41. The number of hydrogen-bond donors (Lipinski definition) is 1. The smallest absolute Gasteiger partial charge is 0.408 e. The highest BCUT2D eigenvalue weighted by molar-refractivity contribution is 9.10. The molecule has 0 radical (unpaired) electrons. The fourth-order valence-corrected chi connectivity index (χ4v) is 4.23. The molecule has 27 heavy (non-hydrogen) atoms. The van der Waals surface area contributed by atoms with Gasteiger partial charge in [-0.25, -0.2) is 9.48 Å². The van der Waals surface area contributed by atoms with Gasteiger partial charge in [0.25, 0.3) is 0 Å². The van der Waals surface area contributed by atoms with Crippen molar-refractivity contribution in [3.8, 4) is 0 Å². The van der Waals surface area contributed by atoms with Gasteiger partial charge in [0.2, 0.25) is 5.91 Å². The molecule has 0 bridgehead atoms. The maximum absolute atomic E-state index is 12.4. The predicted octanol–water partition coefficient (Wildman–Crippen LogP) is 3.69. The fraction of sp³-hybridized carbons (Fsp3) is 0.167. The normalized spacial score (nSPS) is 11.1. The van der Waals surface area contributed by atoms with Crippen LogP contribution >= 0.6 is 27.3 Å². The molecule has 0 aliphatic rings. The summed E-state index contributed by atoms with van der Waals surface area (Å²) in [4.78, 5) is 25.5. The predicted molar refractivity (Wildman–Crippen MR) is 107 cm³/mol.